The maximum absolute atomic E-state index is 11.7. The number of fused-ring (bicyclic) bond motifs is 1. The van der Waals surface area contributed by atoms with Crippen LogP contribution in [0.15, 0.2) is 24.3 Å². The average Bonchev–Trinajstić information content (AvgIpc) is 2.42. The predicted molar refractivity (Wildman–Crippen MR) is 66.2 cm³/mol. The minimum Gasteiger partial charge on any atom is -0.381 e. The van der Waals surface area contributed by atoms with Crippen molar-refractivity contribution in [3.8, 4) is 0 Å². The van der Waals surface area contributed by atoms with Gasteiger partial charge in [0.05, 0.1) is 0 Å². The first-order chi connectivity index (χ1) is 6.97. The third-order valence-electron chi connectivity index (χ3n) is 1.99. The SMILES string of the molecule is C[Si](C)(C)OC1=PC(=O)c2ccccc21. The van der Waals surface area contributed by atoms with E-state index in [1.165, 1.54) is 0 Å². The zero-order valence-corrected chi connectivity index (χ0v) is 11.0. The molecule has 0 amide bonds. The van der Waals surface area contributed by atoms with Crippen LogP contribution in [-0.4, -0.2) is 19.3 Å². The van der Waals surface area contributed by atoms with E-state index in [1.54, 1.807) is 0 Å². The van der Waals surface area contributed by atoms with Gasteiger partial charge in [0.25, 0.3) is 0 Å². The highest BCUT2D eigenvalue weighted by Gasteiger charge is 2.26. The molecule has 78 valence electrons. The van der Waals surface area contributed by atoms with E-state index in [2.05, 4.69) is 19.6 Å². The monoisotopic (exact) mass is 236 g/mol. The van der Waals surface area contributed by atoms with Crippen LogP contribution in [0.3, 0.4) is 0 Å². The van der Waals surface area contributed by atoms with Crippen molar-refractivity contribution in [2.75, 3.05) is 0 Å². The third kappa shape index (κ3) is 2.25. The molecule has 0 saturated carbocycles. The molecule has 1 aliphatic heterocycles. The highest BCUT2D eigenvalue weighted by Crippen LogP contribution is 2.29. The fourth-order valence-corrected chi connectivity index (χ4v) is 3.95. The molecule has 0 atom stereocenters. The van der Waals surface area contributed by atoms with E-state index < -0.39 is 8.32 Å². The minimum absolute atomic E-state index is 0.152. The lowest BCUT2D eigenvalue weighted by atomic mass is 10.1. The molecule has 2 nitrogen and oxygen atoms in total. The number of benzene rings is 1. The van der Waals surface area contributed by atoms with Crippen molar-refractivity contribution in [1.29, 1.82) is 0 Å². The number of hydrogen-bond donors (Lipinski definition) is 0. The Kier molecular flexibility index (Phi) is 2.63. The summed E-state index contributed by atoms with van der Waals surface area (Å²) in [4.78, 5) is 11.7. The fourth-order valence-electron chi connectivity index (χ4n) is 1.44. The Bertz CT molecular complexity index is 446. The second kappa shape index (κ2) is 3.67. The molecule has 0 fully saturated rings. The molecule has 1 aromatic carbocycles. The minimum atomic E-state index is -1.62. The number of hydrogen-bond acceptors (Lipinski definition) is 2. The van der Waals surface area contributed by atoms with Crippen LogP contribution >= 0.6 is 8.20 Å². The molecular formula is C11H13O2PSi. The second-order valence-corrected chi connectivity index (χ2v) is 9.95. The Morgan fingerprint density at radius 2 is 1.73 bits per heavy atom. The van der Waals surface area contributed by atoms with Gasteiger partial charge in [-0.05, 0) is 25.7 Å². The lowest BCUT2D eigenvalue weighted by molar-refractivity contribution is 0.108. The first kappa shape index (κ1) is 10.7. The van der Waals surface area contributed by atoms with Crippen molar-refractivity contribution in [3.63, 3.8) is 0 Å². The lowest BCUT2D eigenvalue weighted by Gasteiger charge is -2.17. The third-order valence-corrected chi connectivity index (χ3v) is 3.96. The van der Waals surface area contributed by atoms with Gasteiger partial charge >= 0.3 is 0 Å². The van der Waals surface area contributed by atoms with Crippen LogP contribution in [0.2, 0.25) is 19.6 Å². The summed E-state index contributed by atoms with van der Waals surface area (Å²) in [7, 11) is -0.923. The van der Waals surface area contributed by atoms with Crippen molar-refractivity contribution in [3.05, 3.63) is 35.4 Å². The van der Waals surface area contributed by atoms with Crippen LogP contribution in [0.4, 0.5) is 0 Å². The molecule has 1 aromatic rings. The van der Waals surface area contributed by atoms with Crippen LogP contribution in [-0.2, 0) is 4.43 Å². The van der Waals surface area contributed by atoms with Gasteiger partial charge in [0.15, 0.2) is 8.32 Å². The summed E-state index contributed by atoms with van der Waals surface area (Å²) in [5, 5.41) is 0. The lowest BCUT2D eigenvalue weighted by Crippen LogP contribution is -2.28. The second-order valence-electron chi connectivity index (χ2n) is 4.48. The van der Waals surface area contributed by atoms with Gasteiger partial charge in [-0.1, -0.05) is 18.2 Å². The quantitative estimate of drug-likeness (QED) is 0.582. The summed E-state index contributed by atoms with van der Waals surface area (Å²) in [5.74, 6) is 0. The molecule has 0 unspecified atom stereocenters. The molecule has 0 saturated heterocycles. The largest absolute Gasteiger partial charge is 0.381 e. The van der Waals surface area contributed by atoms with Crippen LogP contribution in [0.5, 0.6) is 0 Å². The van der Waals surface area contributed by atoms with E-state index in [9.17, 15) is 4.79 Å². The summed E-state index contributed by atoms with van der Waals surface area (Å²) in [5.41, 5.74) is 2.77. The van der Waals surface area contributed by atoms with Gasteiger partial charge in [0.1, 0.15) is 5.48 Å². The molecule has 1 aliphatic rings. The van der Waals surface area contributed by atoms with Crippen molar-refractivity contribution in [2.45, 2.75) is 19.6 Å². The molecular weight excluding hydrogens is 223 g/mol. The highest BCUT2D eigenvalue weighted by molar-refractivity contribution is 7.61. The summed E-state index contributed by atoms with van der Waals surface area (Å²) in [6.07, 6.45) is 0. The van der Waals surface area contributed by atoms with Crippen LogP contribution in [0, 0.1) is 0 Å². The summed E-state index contributed by atoms with van der Waals surface area (Å²) < 4.78 is 5.92. The van der Waals surface area contributed by atoms with Crippen molar-refractivity contribution in [1.82, 2.24) is 0 Å². The van der Waals surface area contributed by atoms with Gasteiger partial charge in [0, 0.05) is 19.3 Å². The molecule has 0 aromatic heterocycles. The van der Waals surface area contributed by atoms with Crippen molar-refractivity contribution < 1.29 is 9.22 Å². The van der Waals surface area contributed by atoms with Gasteiger partial charge in [0.2, 0.25) is 5.52 Å². The molecule has 0 N–H and O–H groups in total. The van der Waals surface area contributed by atoms with Gasteiger partial charge < -0.3 is 4.43 Å². The predicted octanol–water partition coefficient (Wildman–Crippen LogP) is 3.12. The normalized spacial score (nSPS) is 16.2. The number of carbonyl (C=O) groups excluding carboxylic acids is 1. The smallest absolute Gasteiger partial charge is 0.214 e. The highest BCUT2D eigenvalue weighted by atomic mass is 31.1. The van der Waals surface area contributed by atoms with Crippen LogP contribution in [0.25, 0.3) is 0 Å². The molecule has 15 heavy (non-hydrogen) atoms. The zero-order chi connectivity index (χ0) is 11.1. The van der Waals surface area contributed by atoms with E-state index >= 15 is 0 Å². The van der Waals surface area contributed by atoms with Gasteiger partial charge in [-0.3, -0.25) is 4.79 Å². The number of rotatable bonds is 2. The topological polar surface area (TPSA) is 26.3 Å². The van der Waals surface area contributed by atoms with Gasteiger partial charge in [-0.2, -0.15) is 0 Å². The molecule has 4 heteroatoms. The maximum atomic E-state index is 11.7. The molecule has 1 heterocycles. The number of carbonyl (C=O) groups is 1. The Hall–Kier alpha value is -0.763. The maximum Gasteiger partial charge on any atom is 0.214 e. The molecule has 0 bridgehead atoms. The standard InChI is InChI=1S/C11H13O2PSi/c1-15(2,3)13-11-9-7-5-4-6-8(9)10(12)14-11/h4-7H,1-3H3. The Morgan fingerprint density at radius 3 is 2.33 bits per heavy atom. The van der Waals surface area contributed by atoms with E-state index in [0.717, 1.165) is 16.6 Å². The van der Waals surface area contributed by atoms with E-state index in [0.29, 0.717) is 8.20 Å². The molecule has 0 spiro atoms. The molecule has 0 aliphatic carbocycles. The van der Waals surface area contributed by atoms with Crippen molar-refractivity contribution in [2.24, 2.45) is 0 Å². The Labute approximate surface area is 92.2 Å². The van der Waals surface area contributed by atoms with E-state index in [4.69, 9.17) is 4.43 Å². The zero-order valence-electron chi connectivity index (χ0n) is 9.07. The van der Waals surface area contributed by atoms with Gasteiger partial charge in [-0.25, -0.2) is 0 Å². The molecule has 2 rings (SSSR count). The fraction of sp³-hybridized carbons (Fsp3) is 0.273. The summed E-state index contributed by atoms with van der Waals surface area (Å²) in [6, 6.07) is 7.66. The van der Waals surface area contributed by atoms with E-state index in [1.807, 2.05) is 24.3 Å². The summed E-state index contributed by atoms with van der Waals surface area (Å²) >= 11 is 0. The van der Waals surface area contributed by atoms with Crippen LogP contribution < -0.4 is 0 Å². The van der Waals surface area contributed by atoms with Crippen LogP contribution in [0.1, 0.15) is 15.9 Å². The Balaban J connectivity index is 2.38. The molecule has 0 radical (unpaired) electrons. The Morgan fingerprint density at radius 1 is 1.13 bits per heavy atom. The van der Waals surface area contributed by atoms with Gasteiger partial charge in [-0.15, -0.1) is 0 Å². The first-order valence-corrected chi connectivity index (χ1v) is 9.19. The first-order valence-electron chi connectivity index (χ1n) is 4.89. The van der Waals surface area contributed by atoms with E-state index in [-0.39, 0.29) is 5.52 Å². The summed E-state index contributed by atoms with van der Waals surface area (Å²) in [6.45, 7) is 6.38. The average molecular weight is 236 g/mol. The van der Waals surface area contributed by atoms with Crippen molar-refractivity contribution >= 4 is 27.5 Å².